The van der Waals surface area contributed by atoms with E-state index in [2.05, 4.69) is 27.2 Å². The van der Waals surface area contributed by atoms with Crippen molar-refractivity contribution in [1.82, 2.24) is 25.2 Å². The van der Waals surface area contributed by atoms with E-state index in [1.165, 1.54) is 4.90 Å². The van der Waals surface area contributed by atoms with Crippen molar-refractivity contribution in [2.75, 3.05) is 37.7 Å². The number of carbonyl (C=O) groups excluding carboxylic acids is 3. The molecule has 16 heteroatoms. The van der Waals surface area contributed by atoms with Crippen LogP contribution in [0.2, 0.25) is 0 Å². The molecule has 1 aromatic heterocycles. The third kappa shape index (κ3) is 7.84. The van der Waals surface area contributed by atoms with Crippen LogP contribution < -0.4 is 25.0 Å². The summed E-state index contributed by atoms with van der Waals surface area (Å²) in [5.41, 5.74) is -0.597. The van der Waals surface area contributed by atoms with Gasteiger partial charge in [0, 0.05) is 36.2 Å². The van der Waals surface area contributed by atoms with Crippen molar-refractivity contribution in [1.29, 1.82) is 0 Å². The molecule has 0 bridgehead atoms. The maximum atomic E-state index is 14.6. The molecule has 7 atom stereocenters. The van der Waals surface area contributed by atoms with Crippen LogP contribution in [0.25, 0.3) is 10.8 Å². The van der Waals surface area contributed by atoms with Crippen molar-refractivity contribution in [3.63, 3.8) is 0 Å². The first-order chi connectivity index (χ1) is 26.2. The Morgan fingerprint density at radius 3 is 2.55 bits per heavy atom. The minimum Gasteiger partial charge on any atom is -0.472 e. The first-order valence-corrected chi connectivity index (χ1v) is 21.0. The Morgan fingerprint density at radius 1 is 1.13 bits per heavy atom. The van der Waals surface area contributed by atoms with Gasteiger partial charge in [0.2, 0.25) is 27.7 Å². The summed E-state index contributed by atoms with van der Waals surface area (Å²) in [7, 11) is -4.00. The van der Waals surface area contributed by atoms with Crippen LogP contribution in [0.3, 0.4) is 0 Å². The molecule has 0 radical (unpaired) electrons. The summed E-state index contributed by atoms with van der Waals surface area (Å²) in [4.78, 5) is 63.4. The molecule has 4 amide bonds. The number of hydrogen-bond donors (Lipinski definition) is 4. The van der Waals surface area contributed by atoms with Gasteiger partial charge in [0.05, 0.1) is 36.4 Å². The van der Waals surface area contributed by atoms with Gasteiger partial charge in [0.1, 0.15) is 23.7 Å². The molecule has 4 heterocycles. The molecule has 15 nitrogen and oxygen atoms in total. The molecule has 2 aliphatic carbocycles. The van der Waals surface area contributed by atoms with Gasteiger partial charge >= 0.3 is 6.09 Å². The van der Waals surface area contributed by atoms with Gasteiger partial charge in [-0.25, -0.2) is 18.2 Å². The van der Waals surface area contributed by atoms with E-state index in [9.17, 15) is 32.7 Å². The molecule has 1 aromatic carbocycles. The number of pyridine rings is 1. The lowest BCUT2D eigenvalue weighted by Gasteiger charge is -2.33. The Hall–Kier alpha value is -4.44. The van der Waals surface area contributed by atoms with Crippen LogP contribution in [0.15, 0.2) is 42.6 Å². The average Bonchev–Trinajstić information content (AvgIpc) is 4.04. The van der Waals surface area contributed by atoms with E-state index in [0.29, 0.717) is 64.3 Å². The van der Waals surface area contributed by atoms with Crippen LogP contribution in [0.4, 0.5) is 10.5 Å². The number of rotatable bonds is 8. The van der Waals surface area contributed by atoms with Gasteiger partial charge in [-0.1, -0.05) is 50.6 Å². The lowest BCUT2D eigenvalue weighted by atomic mass is 9.85. The number of aromatic nitrogens is 1. The monoisotopic (exact) mass is 780 g/mol. The van der Waals surface area contributed by atoms with Gasteiger partial charge < -0.3 is 35.0 Å². The fourth-order valence-electron chi connectivity index (χ4n) is 8.41. The molecule has 0 unspecified atom stereocenters. The van der Waals surface area contributed by atoms with Gasteiger partial charge in [0.15, 0.2) is 0 Å². The molecule has 5 aliphatic rings. The van der Waals surface area contributed by atoms with Crippen molar-refractivity contribution in [3.8, 4) is 5.88 Å². The molecule has 4 N–H and O–H groups in total. The zero-order chi connectivity index (χ0) is 39.1. The van der Waals surface area contributed by atoms with E-state index >= 15 is 0 Å². The summed E-state index contributed by atoms with van der Waals surface area (Å²) in [6.45, 7) is 8.15. The van der Waals surface area contributed by atoms with Gasteiger partial charge in [-0.3, -0.25) is 19.1 Å². The minimum atomic E-state index is -4.00. The Morgan fingerprint density at radius 2 is 1.85 bits per heavy atom. The lowest BCUT2D eigenvalue weighted by Crippen LogP contribution is -2.59. The molecule has 7 rings (SSSR count). The van der Waals surface area contributed by atoms with E-state index in [-0.39, 0.29) is 31.2 Å². The number of nitrogens with zero attached hydrogens (tertiary/aromatic N) is 3. The molecule has 2 saturated carbocycles. The highest BCUT2D eigenvalue weighted by Crippen LogP contribution is 2.48. The summed E-state index contributed by atoms with van der Waals surface area (Å²) in [6, 6.07) is 5.44. The maximum Gasteiger partial charge on any atom is 0.405 e. The Balaban J connectivity index is 1.22. The standard InChI is InChI=1S/C39H52N6O9S/c1-4-25-19-24(2)9-5-6-10-26-21-39(26,36(48)43-55(51,52)38(3)13-14-38)42-33(46)30-20-27(23-45(30)35(47)32(25)41-37(49)50)54-34-29-12-8-7-11-28(29)31(22-40-34)44-15-17-53-18-16-44/h6-8,10-12,22,24-27,30,32,41H,4-5,9,13-21,23H2,1-3H3,(H,42,46)(H,43,48)(H,49,50)/t24-,25+,26+,27+,30-,32-,39+/m0/s1. The fourth-order valence-corrected chi connectivity index (χ4v) is 9.72. The van der Waals surface area contributed by atoms with E-state index in [0.717, 1.165) is 22.9 Å². The number of morpholine rings is 1. The van der Waals surface area contributed by atoms with Crippen molar-refractivity contribution < 1.29 is 42.2 Å². The first kappa shape index (κ1) is 38.8. The van der Waals surface area contributed by atoms with Gasteiger partial charge in [0.25, 0.3) is 5.91 Å². The number of anilines is 1. The third-order valence-corrected chi connectivity index (χ3v) is 14.4. The third-order valence-electron chi connectivity index (χ3n) is 12.3. The second kappa shape index (κ2) is 15.2. The fraction of sp³-hybridized carbons (Fsp3) is 0.615. The molecule has 0 spiro atoms. The molecule has 2 saturated heterocycles. The smallest absolute Gasteiger partial charge is 0.405 e. The Bertz CT molecular complexity index is 1970. The van der Waals surface area contributed by atoms with Crippen molar-refractivity contribution >= 4 is 50.3 Å². The zero-order valence-electron chi connectivity index (χ0n) is 31.7. The average molecular weight is 781 g/mol. The minimum absolute atomic E-state index is 0.0281. The topological polar surface area (TPSA) is 197 Å². The van der Waals surface area contributed by atoms with E-state index in [4.69, 9.17) is 14.5 Å². The van der Waals surface area contributed by atoms with Gasteiger partial charge in [-0.15, -0.1) is 0 Å². The van der Waals surface area contributed by atoms with Crippen LogP contribution in [-0.2, 0) is 29.1 Å². The Kier molecular flexibility index (Phi) is 10.8. The van der Waals surface area contributed by atoms with Crippen molar-refractivity contribution in [2.24, 2.45) is 17.8 Å². The maximum absolute atomic E-state index is 14.6. The second-order valence-corrected chi connectivity index (χ2v) is 18.4. The predicted molar refractivity (Wildman–Crippen MR) is 204 cm³/mol. The van der Waals surface area contributed by atoms with Crippen LogP contribution >= 0.6 is 0 Å². The summed E-state index contributed by atoms with van der Waals surface area (Å²) < 4.78 is 39.7. The normalized spacial score (nSPS) is 31.0. The van der Waals surface area contributed by atoms with E-state index < -0.39 is 68.2 Å². The molecule has 4 fully saturated rings. The van der Waals surface area contributed by atoms with E-state index in [1.54, 1.807) is 13.1 Å². The first-order valence-electron chi connectivity index (χ1n) is 19.5. The van der Waals surface area contributed by atoms with E-state index in [1.807, 2.05) is 43.3 Å². The number of benzene rings is 1. The zero-order valence-corrected chi connectivity index (χ0v) is 32.5. The van der Waals surface area contributed by atoms with Crippen molar-refractivity contribution in [2.45, 2.75) is 101 Å². The highest BCUT2D eigenvalue weighted by Gasteiger charge is 2.63. The summed E-state index contributed by atoms with van der Waals surface area (Å²) in [5, 5.41) is 16.9. The summed E-state index contributed by atoms with van der Waals surface area (Å²) in [6.07, 6.45) is 7.09. The number of nitrogens with one attached hydrogen (secondary N) is 3. The van der Waals surface area contributed by atoms with Crippen LogP contribution in [0.1, 0.15) is 72.1 Å². The number of amides is 4. The number of carbonyl (C=O) groups is 4. The van der Waals surface area contributed by atoms with Gasteiger partial charge in [-0.05, 0) is 63.4 Å². The largest absolute Gasteiger partial charge is 0.472 e. The van der Waals surface area contributed by atoms with Crippen LogP contribution in [0, 0.1) is 17.8 Å². The molecular weight excluding hydrogens is 729 g/mol. The van der Waals surface area contributed by atoms with Crippen molar-refractivity contribution in [3.05, 3.63) is 42.6 Å². The van der Waals surface area contributed by atoms with Crippen LogP contribution in [0.5, 0.6) is 5.88 Å². The number of sulfonamides is 1. The molecule has 3 aliphatic heterocycles. The summed E-state index contributed by atoms with van der Waals surface area (Å²) >= 11 is 0. The second-order valence-electron chi connectivity index (χ2n) is 16.2. The lowest BCUT2D eigenvalue weighted by molar-refractivity contribution is -0.142. The molecule has 55 heavy (non-hydrogen) atoms. The quantitative estimate of drug-likeness (QED) is 0.287. The number of hydrogen-bond acceptors (Lipinski definition) is 10. The SMILES string of the molecule is CC[C@@H]1C[C@@H](C)CCC=C[C@@H]2C[C@@]2(C(=O)NS(=O)(=O)C2(C)CC2)NC(=O)[C@@H]2C[C@@H](Oc3ncc(N4CCOCC4)c4ccccc34)CN2C(=O)[C@H]1NC(=O)O. The van der Waals surface area contributed by atoms with Crippen LogP contribution in [-0.4, -0.2) is 109 Å². The molecular formula is C39H52N6O9S. The number of carboxylic acid groups (broad SMARTS) is 1. The number of allylic oxidation sites excluding steroid dienone is 1. The molecule has 2 aromatic rings. The number of fused-ring (bicyclic) bond motifs is 3. The predicted octanol–water partition coefficient (Wildman–Crippen LogP) is 3.33. The number of ether oxygens (including phenoxy) is 2. The highest BCUT2D eigenvalue weighted by atomic mass is 32.2. The Labute approximate surface area is 321 Å². The molecule has 298 valence electrons. The summed E-state index contributed by atoms with van der Waals surface area (Å²) in [5.74, 6) is -2.36. The van der Waals surface area contributed by atoms with Gasteiger partial charge in [-0.2, -0.15) is 0 Å². The highest BCUT2D eigenvalue weighted by molar-refractivity contribution is 7.91.